The van der Waals surface area contributed by atoms with Crippen molar-refractivity contribution in [1.82, 2.24) is 0 Å². The molecule has 5 heteroatoms. The highest BCUT2D eigenvalue weighted by Gasteiger charge is 2.06. The zero-order valence-corrected chi connectivity index (χ0v) is 15.4. The SMILES string of the molecule is COc1ccc(CNc2ccc(NC(=O)c3ccc(OC)cc3)cc2)cc1. The molecule has 3 aromatic carbocycles. The second kappa shape index (κ2) is 8.76. The van der Waals surface area contributed by atoms with Crippen LogP contribution >= 0.6 is 0 Å². The maximum atomic E-state index is 12.3. The Labute approximate surface area is 158 Å². The van der Waals surface area contributed by atoms with Crippen LogP contribution in [0, 0.1) is 0 Å². The second-order valence-corrected chi connectivity index (χ2v) is 5.96. The molecule has 138 valence electrons. The molecule has 0 radical (unpaired) electrons. The van der Waals surface area contributed by atoms with Crippen LogP contribution in [0.5, 0.6) is 11.5 Å². The molecule has 5 nitrogen and oxygen atoms in total. The third kappa shape index (κ3) is 5.01. The number of hydrogen-bond donors (Lipinski definition) is 2. The van der Waals surface area contributed by atoms with Gasteiger partial charge < -0.3 is 20.1 Å². The van der Waals surface area contributed by atoms with Crippen molar-refractivity contribution >= 4 is 17.3 Å². The summed E-state index contributed by atoms with van der Waals surface area (Å²) in [6.07, 6.45) is 0. The van der Waals surface area contributed by atoms with Gasteiger partial charge >= 0.3 is 0 Å². The van der Waals surface area contributed by atoms with Crippen LogP contribution in [0.25, 0.3) is 0 Å². The molecule has 0 atom stereocenters. The lowest BCUT2D eigenvalue weighted by Gasteiger charge is -2.09. The first-order valence-electron chi connectivity index (χ1n) is 8.60. The van der Waals surface area contributed by atoms with E-state index in [2.05, 4.69) is 10.6 Å². The van der Waals surface area contributed by atoms with Crippen molar-refractivity contribution in [3.8, 4) is 11.5 Å². The van der Waals surface area contributed by atoms with Gasteiger partial charge in [0.25, 0.3) is 5.91 Å². The summed E-state index contributed by atoms with van der Waals surface area (Å²) in [5.74, 6) is 1.41. The van der Waals surface area contributed by atoms with Crippen LogP contribution in [-0.2, 0) is 6.54 Å². The molecular weight excluding hydrogens is 340 g/mol. The van der Waals surface area contributed by atoms with Crippen molar-refractivity contribution in [2.24, 2.45) is 0 Å². The summed E-state index contributed by atoms with van der Waals surface area (Å²) in [5.41, 5.74) is 3.46. The van der Waals surface area contributed by atoms with E-state index >= 15 is 0 Å². The predicted molar refractivity (Wildman–Crippen MR) is 108 cm³/mol. The van der Waals surface area contributed by atoms with E-state index < -0.39 is 0 Å². The summed E-state index contributed by atoms with van der Waals surface area (Å²) in [5, 5.41) is 6.24. The number of methoxy groups -OCH3 is 2. The van der Waals surface area contributed by atoms with Gasteiger partial charge in [0, 0.05) is 23.5 Å². The van der Waals surface area contributed by atoms with Crippen LogP contribution in [0.15, 0.2) is 72.8 Å². The van der Waals surface area contributed by atoms with Crippen molar-refractivity contribution in [2.75, 3.05) is 24.9 Å². The standard InChI is InChI=1S/C22H22N2O3/c1-26-20-11-3-16(4-12-20)15-23-18-7-9-19(10-8-18)24-22(25)17-5-13-21(27-2)14-6-17/h3-14,23H,15H2,1-2H3,(H,24,25). The highest BCUT2D eigenvalue weighted by molar-refractivity contribution is 6.04. The zero-order chi connectivity index (χ0) is 19.1. The lowest BCUT2D eigenvalue weighted by molar-refractivity contribution is 0.102. The van der Waals surface area contributed by atoms with Crippen molar-refractivity contribution in [2.45, 2.75) is 6.54 Å². The molecule has 0 aliphatic heterocycles. The molecule has 0 aliphatic rings. The Morgan fingerprint density at radius 1 is 0.741 bits per heavy atom. The smallest absolute Gasteiger partial charge is 0.255 e. The molecule has 0 heterocycles. The molecule has 3 aromatic rings. The number of nitrogens with one attached hydrogen (secondary N) is 2. The highest BCUT2D eigenvalue weighted by atomic mass is 16.5. The van der Waals surface area contributed by atoms with Crippen LogP contribution in [0.2, 0.25) is 0 Å². The molecule has 0 fully saturated rings. The Bertz CT molecular complexity index is 873. The summed E-state index contributed by atoms with van der Waals surface area (Å²) in [4.78, 5) is 12.3. The quantitative estimate of drug-likeness (QED) is 0.646. The maximum Gasteiger partial charge on any atom is 0.255 e. The van der Waals surface area contributed by atoms with Crippen LogP contribution in [0.4, 0.5) is 11.4 Å². The van der Waals surface area contributed by atoms with Crippen molar-refractivity contribution < 1.29 is 14.3 Å². The summed E-state index contributed by atoms with van der Waals surface area (Å²) in [6.45, 7) is 0.710. The van der Waals surface area contributed by atoms with Gasteiger partial charge in [-0.15, -0.1) is 0 Å². The average Bonchev–Trinajstić information content (AvgIpc) is 2.73. The third-order valence-corrected chi connectivity index (χ3v) is 4.15. The van der Waals surface area contributed by atoms with Crippen molar-refractivity contribution in [3.63, 3.8) is 0 Å². The average molecular weight is 362 g/mol. The van der Waals surface area contributed by atoms with Gasteiger partial charge in [0.15, 0.2) is 0 Å². The molecule has 0 spiro atoms. The highest BCUT2D eigenvalue weighted by Crippen LogP contribution is 2.18. The normalized spacial score (nSPS) is 10.1. The number of carbonyl (C=O) groups excluding carboxylic acids is 1. The molecule has 2 N–H and O–H groups in total. The topological polar surface area (TPSA) is 59.6 Å². The minimum atomic E-state index is -0.156. The van der Waals surface area contributed by atoms with E-state index in [0.29, 0.717) is 12.1 Å². The van der Waals surface area contributed by atoms with E-state index in [1.165, 1.54) is 0 Å². The summed E-state index contributed by atoms with van der Waals surface area (Å²) >= 11 is 0. The second-order valence-electron chi connectivity index (χ2n) is 5.96. The van der Waals surface area contributed by atoms with E-state index in [-0.39, 0.29) is 5.91 Å². The fraction of sp³-hybridized carbons (Fsp3) is 0.136. The van der Waals surface area contributed by atoms with Gasteiger partial charge in [-0.25, -0.2) is 0 Å². The van der Waals surface area contributed by atoms with Gasteiger partial charge in [-0.05, 0) is 66.2 Å². The van der Waals surface area contributed by atoms with Gasteiger partial charge in [-0.3, -0.25) is 4.79 Å². The van der Waals surface area contributed by atoms with Crippen LogP contribution in [-0.4, -0.2) is 20.1 Å². The number of amides is 1. The number of rotatable bonds is 7. The third-order valence-electron chi connectivity index (χ3n) is 4.15. The van der Waals surface area contributed by atoms with Gasteiger partial charge in [-0.1, -0.05) is 12.1 Å². The largest absolute Gasteiger partial charge is 0.497 e. The first-order valence-corrected chi connectivity index (χ1v) is 8.60. The van der Waals surface area contributed by atoms with Crippen LogP contribution in [0.1, 0.15) is 15.9 Å². The van der Waals surface area contributed by atoms with Gasteiger partial charge in [0.05, 0.1) is 14.2 Å². The monoisotopic (exact) mass is 362 g/mol. The summed E-state index contributed by atoms with van der Waals surface area (Å²) < 4.78 is 10.3. The minimum Gasteiger partial charge on any atom is -0.497 e. The summed E-state index contributed by atoms with van der Waals surface area (Å²) in [6, 6.07) is 22.5. The molecule has 1 amide bonds. The fourth-order valence-electron chi connectivity index (χ4n) is 2.56. The van der Waals surface area contributed by atoms with E-state index in [1.807, 2.05) is 48.5 Å². The van der Waals surface area contributed by atoms with Crippen LogP contribution in [0.3, 0.4) is 0 Å². The molecule has 27 heavy (non-hydrogen) atoms. The molecule has 0 saturated carbocycles. The van der Waals surface area contributed by atoms with E-state index in [1.54, 1.807) is 38.5 Å². The molecule has 0 aliphatic carbocycles. The molecule has 3 rings (SSSR count). The van der Waals surface area contributed by atoms with Crippen LogP contribution < -0.4 is 20.1 Å². The number of hydrogen-bond acceptors (Lipinski definition) is 4. The van der Waals surface area contributed by atoms with Gasteiger partial charge in [0.1, 0.15) is 11.5 Å². The van der Waals surface area contributed by atoms with E-state index in [9.17, 15) is 4.79 Å². The first kappa shape index (κ1) is 18.3. The molecular formula is C22H22N2O3. The lowest BCUT2D eigenvalue weighted by Crippen LogP contribution is -2.11. The van der Waals surface area contributed by atoms with Crippen molar-refractivity contribution in [3.05, 3.63) is 83.9 Å². The number of anilines is 2. The van der Waals surface area contributed by atoms with E-state index in [4.69, 9.17) is 9.47 Å². The van der Waals surface area contributed by atoms with Gasteiger partial charge in [0.2, 0.25) is 0 Å². The van der Waals surface area contributed by atoms with Crippen molar-refractivity contribution in [1.29, 1.82) is 0 Å². The first-order chi connectivity index (χ1) is 13.2. The number of carbonyl (C=O) groups is 1. The molecule has 0 saturated heterocycles. The lowest BCUT2D eigenvalue weighted by atomic mass is 10.2. The predicted octanol–water partition coefficient (Wildman–Crippen LogP) is 4.57. The molecule has 0 bridgehead atoms. The zero-order valence-electron chi connectivity index (χ0n) is 15.4. The minimum absolute atomic E-state index is 0.156. The Kier molecular flexibility index (Phi) is 5.94. The van der Waals surface area contributed by atoms with E-state index in [0.717, 1.165) is 28.4 Å². The molecule has 0 aromatic heterocycles. The summed E-state index contributed by atoms with van der Waals surface area (Å²) in [7, 11) is 3.25. The fourth-order valence-corrected chi connectivity index (χ4v) is 2.56. The Hall–Kier alpha value is -3.47. The molecule has 0 unspecified atom stereocenters. The Morgan fingerprint density at radius 2 is 1.26 bits per heavy atom. The number of benzene rings is 3. The maximum absolute atomic E-state index is 12.3. The van der Waals surface area contributed by atoms with Gasteiger partial charge in [-0.2, -0.15) is 0 Å². The Morgan fingerprint density at radius 3 is 1.81 bits per heavy atom. The Balaban J connectivity index is 1.55. The number of ether oxygens (including phenoxy) is 2.